The smallest absolute Gasteiger partial charge is 0.271 e. The van der Waals surface area contributed by atoms with Crippen molar-refractivity contribution in [3.8, 4) is 6.19 Å². The van der Waals surface area contributed by atoms with Crippen LogP contribution >= 0.6 is 11.8 Å². The highest BCUT2D eigenvalue weighted by Crippen LogP contribution is 2.34. The lowest BCUT2D eigenvalue weighted by atomic mass is 10.2. The van der Waals surface area contributed by atoms with Gasteiger partial charge in [0.15, 0.2) is 11.4 Å². The van der Waals surface area contributed by atoms with Gasteiger partial charge >= 0.3 is 6.18 Å². The molecule has 0 unspecified atom stereocenters. The van der Waals surface area contributed by atoms with E-state index in [1.807, 2.05) is 5.32 Å². The van der Waals surface area contributed by atoms with Crippen molar-refractivity contribution in [2.24, 2.45) is 4.40 Å². The van der Waals surface area contributed by atoms with E-state index in [0.717, 1.165) is 30.0 Å². The molecule has 0 aromatic heterocycles. The monoisotopic (exact) mass is 323 g/mol. The van der Waals surface area contributed by atoms with Gasteiger partial charge in [-0.05, 0) is 18.4 Å². The van der Waals surface area contributed by atoms with Crippen molar-refractivity contribution >= 4 is 27.0 Å². The third kappa shape index (κ3) is 3.88. The second-order valence-corrected chi connectivity index (χ2v) is 5.67. The fourth-order valence-corrected chi connectivity index (χ4v) is 3.06. The maximum Gasteiger partial charge on any atom is 0.417 e. The molecule has 0 saturated heterocycles. The summed E-state index contributed by atoms with van der Waals surface area (Å²) in [4.78, 5) is -0.959. The number of sulfonamides is 1. The molecule has 0 aliphatic rings. The second-order valence-electron chi connectivity index (χ2n) is 3.31. The normalized spacial score (nSPS) is 12.8. The van der Waals surface area contributed by atoms with Crippen LogP contribution in [0.15, 0.2) is 33.6 Å². The summed E-state index contributed by atoms with van der Waals surface area (Å²) >= 11 is 0.785. The number of hydrogen-bond donors (Lipinski definition) is 1. The molecule has 0 heterocycles. The number of alkyl halides is 3. The van der Waals surface area contributed by atoms with Crippen LogP contribution in [-0.2, 0) is 16.2 Å². The predicted octanol–water partition coefficient (Wildman–Crippen LogP) is 2.18. The van der Waals surface area contributed by atoms with Gasteiger partial charge in [0.25, 0.3) is 10.0 Å². The maximum atomic E-state index is 12.8. The van der Waals surface area contributed by atoms with E-state index >= 15 is 0 Å². The first kappa shape index (κ1) is 16.3. The molecule has 1 aromatic carbocycles. The minimum atomic E-state index is -4.82. The Labute approximate surface area is 117 Å². The average Bonchev–Trinajstić information content (AvgIpc) is 2.37. The summed E-state index contributed by atoms with van der Waals surface area (Å²) in [6.45, 7) is 0. The molecular formula is C10H8F3N3O2S2. The average molecular weight is 323 g/mol. The van der Waals surface area contributed by atoms with E-state index in [2.05, 4.69) is 4.40 Å². The number of amidine groups is 1. The molecule has 0 radical (unpaired) electrons. The fourth-order valence-electron chi connectivity index (χ4n) is 1.24. The van der Waals surface area contributed by atoms with Crippen molar-refractivity contribution in [2.45, 2.75) is 11.1 Å². The van der Waals surface area contributed by atoms with Crippen LogP contribution in [0.25, 0.3) is 0 Å². The minimum Gasteiger partial charge on any atom is -0.271 e. The Morgan fingerprint density at radius 2 is 2.00 bits per heavy atom. The Balaban J connectivity index is 3.42. The molecule has 0 fully saturated rings. The van der Waals surface area contributed by atoms with Crippen LogP contribution in [0.2, 0.25) is 0 Å². The molecule has 20 heavy (non-hydrogen) atoms. The summed E-state index contributed by atoms with van der Waals surface area (Å²) < 4.78 is 65.2. The van der Waals surface area contributed by atoms with Crippen molar-refractivity contribution in [2.75, 3.05) is 6.26 Å². The Morgan fingerprint density at radius 3 is 2.50 bits per heavy atom. The highest BCUT2D eigenvalue weighted by Gasteiger charge is 2.36. The summed E-state index contributed by atoms with van der Waals surface area (Å²) in [6, 6.07) is 3.70. The lowest BCUT2D eigenvalue weighted by Gasteiger charge is -2.11. The first-order valence-corrected chi connectivity index (χ1v) is 7.59. The first-order chi connectivity index (χ1) is 9.22. The second kappa shape index (κ2) is 6.15. The number of nitriles is 1. The lowest BCUT2D eigenvalue weighted by molar-refractivity contribution is -0.139. The predicted molar refractivity (Wildman–Crippen MR) is 68.3 cm³/mol. The Bertz CT molecular complexity index is 663. The van der Waals surface area contributed by atoms with Gasteiger partial charge in [-0.15, -0.1) is 4.40 Å². The van der Waals surface area contributed by atoms with Crippen molar-refractivity contribution < 1.29 is 21.6 Å². The van der Waals surface area contributed by atoms with E-state index in [1.54, 1.807) is 0 Å². The molecule has 0 spiro atoms. The molecule has 10 heteroatoms. The summed E-state index contributed by atoms with van der Waals surface area (Å²) in [5.41, 5.74) is -1.30. The number of halogens is 3. The van der Waals surface area contributed by atoms with Crippen LogP contribution in [0.3, 0.4) is 0 Å². The summed E-state index contributed by atoms with van der Waals surface area (Å²) in [6.07, 6.45) is -1.94. The van der Waals surface area contributed by atoms with E-state index in [4.69, 9.17) is 5.26 Å². The van der Waals surface area contributed by atoms with Crippen LogP contribution in [0.5, 0.6) is 0 Å². The Kier molecular flexibility index (Phi) is 5.02. The molecule has 0 atom stereocenters. The molecule has 0 bridgehead atoms. The minimum absolute atomic E-state index is 0.315. The van der Waals surface area contributed by atoms with Gasteiger partial charge in [-0.25, -0.2) is 0 Å². The number of benzene rings is 1. The van der Waals surface area contributed by atoms with Crippen LogP contribution in [0.4, 0.5) is 13.2 Å². The van der Waals surface area contributed by atoms with Gasteiger partial charge in [-0.1, -0.05) is 23.9 Å². The van der Waals surface area contributed by atoms with Gasteiger partial charge in [0.1, 0.15) is 4.90 Å². The standard InChI is InChI=1S/C10H8F3N3O2S2/c1-19-9(15-6-14)16-20(17,18)8-5-3-2-4-7(8)10(11,12)13/h2-5H,1H3,(H,15,16). The van der Waals surface area contributed by atoms with Crippen LogP contribution in [0.1, 0.15) is 5.56 Å². The van der Waals surface area contributed by atoms with Crippen LogP contribution < -0.4 is 5.32 Å². The van der Waals surface area contributed by atoms with E-state index in [1.165, 1.54) is 12.4 Å². The van der Waals surface area contributed by atoms with Crippen LogP contribution in [0, 0.1) is 11.5 Å². The third-order valence-corrected chi connectivity index (χ3v) is 4.06. The largest absolute Gasteiger partial charge is 0.417 e. The fraction of sp³-hybridized carbons (Fsp3) is 0.200. The van der Waals surface area contributed by atoms with E-state index < -0.39 is 26.7 Å². The van der Waals surface area contributed by atoms with Gasteiger partial charge in [0.2, 0.25) is 0 Å². The summed E-state index contributed by atoms with van der Waals surface area (Å²) in [5, 5.41) is 10.0. The van der Waals surface area contributed by atoms with E-state index in [0.29, 0.717) is 6.07 Å². The molecule has 1 aromatic rings. The third-order valence-electron chi connectivity index (χ3n) is 2.03. The molecule has 0 amide bonds. The number of rotatable bonds is 2. The van der Waals surface area contributed by atoms with Gasteiger partial charge in [0, 0.05) is 0 Å². The lowest BCUT2D eigenvalue weighted by Crippen LogP contribution is -2.17. The Hall–Kier alpha value is -1.73. The van der Waals surface area contributed by atoms with Crippen molar-refractivity contribution in [3.05, 3.63) is 29.8 Å². The van der Waals surface area contributed by atoms with Crippen molar-refractivity contribution in [3.63, 3.8) is 0 Å². The van der Waals surface area contributed by atoms with Crippen molar-refractivity contribution in [1.29, 1.82) is 5.26 Å². The Morgan fingerprint density at radius 1 is 1.40 bits per heavy atom. The van der Waals surface area contributed by atoms with Gasteiger partial charge < -0.3 is 0 Å². The van der Waals surface area contributed by atoms with Gasteiger partial charge in [0.05, 0.1) is 5.56 Å². The summed E-state index contributed by atoms with van der Waals surface area (Å²) in [5.74, 6) is 0. The zero-order valence-corrected chi connectivity index (χ0v) is 11.6. The molecule has 108 valence electrons. The highest BCUT2D eigenvalue weighted by molar-refractivity contribution is 8.13. The molecule has 0 aliphatic carbocycles. The molecule has 1 N–H and O–H groups in total. The van der Waals surface area contributed by atoms with E-state index in [-0.39, 0.29) is 5.17 Å². The number of hydrogen-bond acceptors (Lipinski definition) is 4. The molecule has 1 rings (SSSR count). The van der Waals surface area contributed by atoms with Gasteiger partial charge in [-0.3, -0.25) is 5.32 Å². The van der Waals surface area contributed by atoms with Crippen LogP contribution in [-0.4, -0.2) is 19.8 Å². The SMILES string of the molecule is CS/C(=N/S(=O)(=O)c1ccccc1C(F)(F)F)NC#N. The topological polar surface area (TPSA) is 82.3 Å². The zero-order chi connectivity index (χ0) is 15.4. The van der Waals surface area contributed by atoms with Gasteiger partial charge in [-0.2, -0.15) is 26.9 Å². The zero-order valence-electron chi connectivity index (χ0n) is 9.97. The first-order valence-electron chi connectivity index (χ1n) is 4.92. The summed E-state index contributed by atoms with van der Waals surface area (Å²) in [7, 11) is -4.57. The number of nitrogens with one attached hydrogen (secondary N) is 1. The molecule has 0 aliphatic heterocycles. The highest BCUT2D eigenvalue weighted by atomic mass is 32.2. The molecule has 5 nitrogen and oxygen atoms in total. The van der Waals surface area contributed by atoms with E-state index in [9.17, 15) is 21.6 Å². The maximum absolute atomic E-state index is 12.8. The quantitative estimate of drug-likeness (QED) is 0.390. The number of nitrogens with zero attached hydrogens (tertiary/aromatic N) is 2. The van der Waals surface area contributed by atoms with Crippen molar-refractivity contribution in [1.82, 2.24) is 5.32 Å². The molecule has 0 saturated carbocycles. The molecular weight excluding hydrogens is 315 g/mol. The number of thioether (sulfide) groups is 1.